The number of nitrogens with zero attached hydrogens (tertiary/aromatic N) is 2. The first-order valence-electron chi connectivity index (χ1n) is 9.23. The number of non-ortho nitro benzene ring substituents is 1. The van der Waals surface area contributed by atoms with E-state index in [9.17, 15) is 23.3 Å². The van der Waals surface area contributed by atoms with Crippen LogP contribution in [0.1, 0.15) is 24.5 Å². The summed E-state index contributed by atoms with van der Waals surface area (Å²) < 4.78 is 31.3. The van der Waals surface area contributed by atoms with Crippen LogP contribution < -0.4 is 14.4 Å². The van der Waals surface area contributed by atoms with Crippen LogP contribution in [0.25, 0.3) is 0 Å². The number of hydrogen-bond acceptors (Lipinski definition) is 6. The van der Waals surface area contributed by atoms with Gasteiger partial charge in [-0.05, 0) is 25.0 Å². The summed E-state index contributed by atoms with van der Waals surface area (Å²) in [6.07, 6.45) is 1.10. The Bertz CT molecular complexity index is 1020. The molecule has 0 aliphatic heterocycles. The molecule has 0 unspecified atom stereocenters. The third kappa shape index (κ3) is 5.47. The minimum Gasteiger partial charge on any atom is -0.495 e. The van der Waals surface area contributed by atoms with Gasteiger partial charge in [0, 0.05) is 18.7 Å². The van der Waals surface area contributed by atoms with Crippen molar-refractivity contribution >= 4 is 27.3 Å². The Kier molecular flexibility index (Phi) is 7.38. The molecule has 2 rings (SSSR count). The number of sulfonamides is 1. The molecule has 2 aromatic rings. The fourth-order valence-corrected chi connectivity index (χ4v) is 4.22. The van der Waals surface area contributed by atoms with Gasteiger partial charge in [0.05, 0.1) is 18.3 Å². The monoisotopic (exact) mass is 435 g/mol. The summed E-state index contributed by atoms with van der Waals surface area (Å²) in [5, 5.41) is 13.9. The zero-order chi connectivity index (χ0) is 22.5. The number of amides is 1. The molecule has 0 saturated heterocycles. The molecule has 0 saturated carbocycles. The highest BCUT2D eigenvalue weighted by molar-refractivity contribution is 7.92. The molecular formula is C20H25N3O6S. The zero-order valence-electron chi connectivity index (χ0n) is 17.3. The van der Waals surface area contributed by atoms with Crippen molar-refractivity contribution < 1.29 is 22.9 Å². The lowest BCUT2D eigenvalue weighted by Gasteiger charge is -2.31. The summed E-state index contributed by atoms with van der Waals surface area (Å²) in [5.74, 6) is -0.409. The molecule has 0 heterocycles. The Morgan fingerprint density at radius 3 is 2.37 bits per heavy atom. The van der Waals surface area contributed by atoms with Gasteiger partial charge >= 0.3 is 0 Å². The molecule has 0 radical (unpaired) electrons. The van der Waals surface area contributed by atoms with Gasteiger partial charge in [-0.2, -0.15) is 0 Å². The highest BCUT2D eigenvalue weighted by atomic mass is 32.2. The Morgan fingerprint density at radius 1 is 1.23 bits per heavy atom. The van der Waals surface area contributed by atoms with E-state index in [-0.39, 0.29) is 30.1 Å². The summed E-state index contributed by atoms with van der Waals surface area (Å²) >= 11 is 0. The molecule has 0 fully saturated rings. The molecule has 10 heteroatoms. The van der Waals surface area contributed by atoms with E-state index >= 15 is 0 Å². The van der Waals surface area contributed by atoms with E-state index in [1.807, 2.05) is 31.2 Å². The Balaban J connectivity index is 2.41. The van der Waals surface area contributed by atoms with Crippen molar-refractivity contribution in [1.82, 2.24) is 5.32 Å². The van der Waals surface area contributed by atoms with Crippen molar-refractivity contribution in [3.63, 3.8) is 0 Å². The van der Waals surface area contributed by atoms with Crippen molar-refractivity contribution in [2.75, 3.05) is 17.7 Å². The van der Waals surface area contributed by atoms with Crippen LogP contribution in [0.3, 0.4) is 0 Å². The van der Waals surface area contributed by atoms with E-state index in [0.717, 1.165) is 27.8 Å². The van der Waals surface area contributed by atoms with Gasteiger partial charge in [-0.1, -0.05) is 36.8 Å². The van der Waals surface area contributed by atoms with Gasteiger partial charge in [0.1, 0.15) is 17.5 Å². The predicted molar refractivity (Wildman–Crippen MR) is 114 cm³/mol. The topological polar surface area (TPSA) is 119 Å². The summed E-state index contributed by atoms with van der Waals surface area (Å²) in [6.45, 7) is 3.84. The van der Waals surface area contributed by atoms with Crippen LogP contribution in [0.4, 0.5) is 11.4 Å². The van der Waals surface area contributed by atoms with Gasteiger partial charge in [-0.25, -0.2) is 8.42 Å². The number of hydrogen-bond donors (Lipinski definition) is 1. The predicted octanol–water partition coefficient (Wildman–Crippen LogP) is 2.77. The molecule has 1 amide bonds. The number of nitro benzene ring substituents is 1. The molecule has 0 bridgehead atoms. The van der Waals surface area contributed by atoms with Crippen LogP contribution in [-0.4, -0.2) is 38.7 Å². The summed E-state index contributed by atoms with van der Waals surface area (Å²) in [4.78, 5) is 23.5. The van der Waals surface area contributed by atoms with Crippen molar-refractivity contribution in [2.24, 2.45) is 0 Å². The second-order valence-electron chi connectivity index (χ2n) is 6.80. The van der Waals surface area contributed by atoms with Crippen molar-refractivity contribution in [3.05, 3.63) is 63.7 Å². The molecule has 2 aromatic carbocycles. The van der Waals surface area contributed by atoms with E-state index in [1.54, 1.807) is 6.92 Å². The Labute approximate surface area is 175 Å². The number of nitrogens with one attached hydrogen (secondary N) is 1. The molecule has 0 spiro atoms. The lowest BCUT2D eigenvalue weighted by atomic mass is 10.1. The quantitative estimate of drug-likeness (QED) is 0.478. The largest absolute Gasteiger partial charge is 0.495 e. The number of methoxy groups -OCH3 is 1. The van der Waals surface area contributed by atoms with E-state index in [0.29, 0.717) is 0 Å². The molecule has 9 nitrogen and oxygen atoms in total. The van der Waals surface area contributed by atoms with Crippen LogP contribution in [0.2, 0.25) is 0 Å². The summed E-state index contributed by atoms with van der Waals surface area (Å²) in [5.41, 5.74) is 1.57. The van der Waals surface area contributed by atoms with Crippen molar-refractivity contribution in [1.29, 1.82) is 0 Å². The first-order valence-corrected chi connectivity index (χ1v) is 11.1. The van der Waals surface area contributed by atoms with Gasteiger partial charge in [0.25, 0.3) is 5.69 Å². The van der Waals surface area contributed by atoms with Gasteiger partial charge in [-0.3, -0.25) is 19.2 Å². The number of aryl methyl sites for hydroxylation is 1. The first-order chi connectivity index (χ1) is 14.1. The van der Waals surface area contributed by atoms with Crippen LogP contribution in [0.15, 0.2) is 42.5 Å². The molecular weight excluding hydrogens is 410 g/mol. The number of carbonyl (C=O) groups is 1. The minimum absolute atomic E-state index is 0.0634. The second kappa shape index (κ2) is 9.57. The van der Waals surface area contributed by atoms with E-state index < -0.39 is 26.9 Å². The second-order valence-corrected chi connectivity index (χ2v) is 8.66. The number of rotatable bonds is 9. The smallest absolute Gasteiger partial charge is 0.271 e. The van der Waals surface area contributed by atoms with Crippen LogP contribution in [-0.2, 0) is 21.4 Å². The SMILES string of the molecule is CC[C@H](C(=O)NCc1ccc(C)cc1)N(c1cc([N+](=O)[O-])ccc1OC)S(C)(=O)=O. The van der Waals surface area contributed by atoms with Gasteiger partial charge in [0.15, 0.2) is 0 Å². The van der Waals surface area contributed by atoms with Crippen molar-refractivity contribution in [3.8, 4) is 5.75 Å². The maximum atomic E-state index is 12.9. The van der Waals surface area contributed by atoms with Gasteiger partial charge < -0.3 is 10.1 Å². The van der Waals surface area contributed by atoms with Gasteiger partial charge in [0.2, 0.25) is 15.9 Å². The van der Waals surface area contributed by atoms with Crippen molar-refractivity contribution in [2.45, 2.75) is 32.9 Å². The maximum absolute atomic E-state index is 12.9. The lowest BCUT2D eigenvalue weighted by Crippen LogP contribution is -2.49. The molecule has 1 atom stereocenters. The molecule has 0 aliphatic rings. The van der Waals surface area contributed by atoms with Crippen LogP contribution >= 0.6 is 0 Å². The molecule has 30 heavy (non-hydrogen) atoms. The van der Waals surface area contributed by atoms with E-state index in [2.05, 4.69) is 5.32 Å². The molecule has 1 N–H and O–H groups in total. The Morgan fingerprint density at radius 2 is 1.87 bits per heavy atom. The third-order valence-electron chi connectivity index (χ3n) is 4.53. The molecule has 162 valence electrons. The number of carbonyl (C=O) groups excluding carboxylic acids is 1. The average Bonchev–Trinajstić information content (AvgIpc) is 2.69. The normalized spacial score (nSPS) is 12.1. The highest BCUT2D eigenvalue weighted by Crippen LogP contribution is 2.35. The summed E-state index contributed by atoms with van der Waals surface area (Å²) in [6, 6.07) is 10.1. The van der Waals surface area contributed by atoms with Gasteiger partial charge in [-0.15, -0.1) is 0 Å². The third-order valence-corrected chi connectivity index (χ3v) is 5.69. The number of nitro groups is 1. The maximum Gasteiger partial charge on any atom is 0.271 e. The lowest BCUT2D eigenvalue weighted by molar-refractivity contribution is -0.384. The van der Waals surface area contributed by atoms with Crippen LogP contribution in [0, 0.1) is 17.0 Å². The fourth-order valence-electron chi connectivity index (χ4n) is 3.01. The van der Waals surface area contributed by atoms with Crippen LogP contribution in [0.5, 0.6) is 5.75 Å². The van der Waals surface area contributed by atoms with E-state index in [4.69, 9.17) is 4.74 Å². The Hall–Kier alpha value is -3.14. The fraction of sp³-hybridized carbons (Fsp3) is 0.350. The molecule has 0 aromatic heterocycles. The zero-order valence-corrected chi connectivity index (χ0v) is 18.1. The summed E-state index contributed by atoms with van der Waals surface area (Å²) in [7, 11) is -2.65. The standard InChI is InChI=1S/C20H25N3O6S/c1-5-17(20(24)21-13-15-8-6-14(2)7-9-15)22(30(4,27)28)18-12-16(23(25)26)10-11-19(18)29-3/h6-12,17H,5,13H2,1-4H3,(H,21,24)/t17-/m1/s1. The molecule has 0 aliphatic carbocycles. The first kappa shape index (κ1) is 23.1. The average molecular weight is 436 g/mol. The number of ether oxygens (including phenoxy) is 1. The number of benzene rings is 2. The minimum atomic E-state index is -3.97. The number of anilines is 1. The van der Waals surface area contributed by atoms with E-state index in [1.165, 1.54) is 19.2 Å². The highest BCUT2D eigenvalue weighted by Gasteiger charge is 2.34.